The molecular weight excluding hydrogens is 634 g/mol. The molecule has 0 saturated carbocycles. The third-order valence-electron chi connectivity index (χ3n) is 5.08. The largest absolute Gasteiger partial charge is 0.475 e. The third-order valence-corrected chi connectivity index (χ3v) is 6.55. The van der Waals surface area contributed by atoms with E-state index in [2.05, 4.69) is 8.37 Å². The van der Waals surface area contributed by atoms with Gasteiger partial charge < -0.3 is 34.3 Å². The normalized spacial score (nSPS) is 31.6. The molecule has 2 heterocycles. The van der Waals surface area contributed by atoms with Gasteiger partial charge in [-0.15, -0.1) is 0 Å². The number of carbonyl (C=O) groups is 2. The maximum atomic E-state index is 12.5. The van der Waals surface area contributed by atoms with Crippen LogP contribution in [0.4, 0.5) is 0 Å². The molecule has 2 rings (SSSR count). The minimum Gasteiger partial charge on any atom is -0.475 e. The van der Waals surface area contributed by atoms with Gasteiger partial charge in [-0.2, -0.15) is 30.0 Å². The van der Waals surface area contributed by atoms with Crippen molar-refractivity contribution in [1.82, 2.24) is 4.72 Å². The molecule has 24 heteroatoms. The highest BCUT2D eigenvalue weighted by Gasteiger charge is 2.53. The van der Waals surface area contributed by atoms with Crippen LogP contribution in [-0.2, 0) is 68.0 Å². The SMILES string of the molecule is CC(C)(C)C(=O)O[C@H]1O[C@H](COS(=O)(=O)O)[C@@H](O[C@@H]2OC(C(=O)O)=C[C@H](O)[C@H]2OS(=O)(=O)O)[C@H](O)[C@H]1NS(=O)(=O)O. The van der Waals surface area contributed by atoms with Crippen molar-refractivity contribution in [3.8, 4) is 0 Å². The molecule has 0 bridgehead atoms. The minimum absolute atomic E-state index is 0.440. The highest BCUT2D eigenvalue weighted by atomic mass is 32.3. The smallest absolute Gasteiger partial charge is 0.397 e. The summed E-state index contributed by atoms with van der Waals surface area (Å²) in [5, 5.41) is 30.4. The zero-order chi connectivity index (χ0) is 31.7. The number of aliphatic hydroxyl groups excluding tert-OH is 2. The maximum Gasteiger partial charge on any atom is 0.397 e. The lowest BCUT2D eigenvalue weighted by molar-refractivity contribution is -0.306. The molecule has 2 aliphatic rings. The van der Waals surface area contributed by atoms with Crippen LogP contribution in [0.2, 0.25) is 0 Å². The summed E-state index contributed by atoms with van der Waals surface area (Å²) in [5.41, 5.74) is -1.27. The molecule has 0 spiro atoms. The van der Waals surface area contributed by atoms with Crippen LogP contribution >= 0.6 is 0 Å². The van der Waals surface area contributed by atoms with Crippen LogP contribution < -0.4 is 4.72 Å². The fourth-order valence-electron chi connectivity index (χ4n) is 3.32. The molecule has 0 unspecified atom stereocenters. The first kappa shape index (κ1) is 35.1. The highest BCUT2D eigenvalue weighted by molar-refractivity contribution is 7.83. The summed E-state index contributed by atoms with van der Waals surface area (Å²) in [7, 11) is -15.9. The molecule has 1 saturated heterocycles. The van der Waals surface area contributed by atoms with Gasteiger partial charge in [-0.3, -0.25) is 18.5 Å². The summed E-state index contributed by atoms with van der Waals surface area (Å²) in [4.78, 5) is 23.9. The Morgan fingerprint density at radius 2 is 1.56 bits per heavy atom. The van der Waals surface area contributed by atoms with Gasteiger partial charge in [0.15, 0.2) is 6.10 Å². The van der Waals surface area contributed by atoms with E-state index in [0.717, 1.165) is 0 Å². The predicted molar refractivity (Wildman–Crippen MR) is 124 cm³/mol. The fraction of sp³-hybridized carbons (Fsp3) is 0.765. The molecule has 0 aromatic carbocycles. The highest BCUT2D eigenvalue weighted by Crippen LogP contribution is 2.32. The van der Waals surface area contributed by atoms with Gasteiger partial charge >= 0.3 is 43.0 Å². The van der Waals surface area contributed by atoms with Crippen molar-refractivity contribution >= 4 is 43.0 Å². The van der Waals surface area contributed by atoms with E-state index in [-0.39, 0.29) is 0 Å². The summed E-state index contributed by atoms with van der Waals surface area (Å²) in [5.74, 6) is -3.98. The number of rotatable bonds is 11. The Labute approximate surface area is 232 Å². The summed E-state index contributed by atoms with van der Waals surface area (Å²) in [6.45, 7) is 2.79. The van der Waals surface area contributed by atoms with Crippen LogP contribution in [0.5, 0.6) is 0 Å². The van der Waals surface area contributed by atoms with E-state index in [0.29, 0.717) is 6.08 Å². The number of hydrogen-bond donors (Lipinski definition) is 7. The third kappa shape index (κ3) is 10.6. The Morgan fingerprint density at radius 1 is 0.976 bits per heavy atom. The lowest BCUT2D eigenvalue weighted by Crippen LogP contribution is -2.67. The van der Waals surface area contributed by atoms with E-state index in [4.69, 9.17) is 28.1 Å². The predicted octanol–water partition coefficient (Wildman–Crippen LogP) is -3.50. The topological polar surface area (TPSA) is 325 Å². The van der Waals surface area contributed by atoms with E-state index in [1.165, 1.54) is 25.5 Å². The second kappa shape index (κ2) is 12.7. The molecule has 0 aromatic heterocycles. The molecule has 0 amide bonds. The Hall–Kier alpha value is -2.07. The minimum atomic E-state index is -5.41. The van der Waals surface area contributed by atoms with Gasteiger partial charge in [0.25, 0.3) is 0 Å². The second-order valence-corrected chi connectivity index (χ2v) is 12.7. The van der Waals surface area contributed by atoms with Gasteiger partial charge in [-0.25, -0.2) is 13.2 Å². The molecule has 2 aliphatic heterocycles. The number of ether oxygens (including phenoxy) is 4. The maximum absolute atomic E-state index is 12.5. The van der Waals surface area contributed by atoms with Crippen molar-refractivity contribution in [3.63, 3.8) is 0 Å². The van der Waals surface area contributed by atoms with Crippen LogP contribution in [0.15, 0.2) is 11.8 Å². The van der Waals surface area contributed by atoms with Crippen LogP contribution in [0, 0.1) is 5.41 Å². The number of carboxylic acids is 1. The molecule has 21 nitrogen and oxygen atoms in total. The van der Waals surface area contributed by atoms with Crippen LogP contribution in [0.25, 0.3) is 0 Å². The number of aliphatic hydroxyl groups is 2. The van der Waals surface area contributed by atoms with Crippen molar-refractivity contribution in [2.24, 2.45) is 5.41 Å². The van der Waals surface area contributed by atoms with Gasteiger partial charge in [0.1, 0.15) is 30.5 Å². The van der Waals surface area contributed by atoms with Crippen molar-refractivity contribution < 1.29 is 91.1 Å². The number of hydrogen-bond acceptors (Lipinski definition) is 16. The van der Waals surface area contributed by atoms with E-state index in [9.17, 15) is 54.7 Å². The Kier molecular flexibility index (Phi) is 10.8. The molecule has 1 fully saturated rings. The molecule has 0 aromatic rings. The zero-order valence-corrected chi connectivity index (χ0v) is 23.5. The first-order valence-electron chi connectivity index (χ1n) is 10.9. The van der Waals surface area contributed by atoms with Gasteiger partial charge in [0.2, 0.25) is 18.3 Å². The van der Waals surface area contributed by atoms with Crippen LogP contribution in [-0.4, -0.2) is 122 Å². The zero-order valence-electron chi connectivity index (χ0n) is 21.0. The average Bonchev–Trinajstić information content (AvgIpc) is 2.76. The van der Waals surface area contributed by atoms with Crippen molar-refractivity contribution in [2.45, 2.75) is 69.9 Å². The quantitative estimate of drug-likeness (QED) is 0.0834. The molecule has 7 N–H and O–H groups in total. The Balaban J connectivity index is 2.57. The lowest BCUT2D eigenvalue weighted by Gasteiger charge is -2.45. The average molecular weight is 662 g/mol. The van der Waals surface area contributed by atoms with Crippen molar-refractivity contribution in [1.29, 1.82) is 0 Å². The number of carboxylic acid groups (broad SMARTS) is 1. The summed E-state index contributed by atoms with van der Waals surface area (Å²) < 4.78 is 126. The standard InChI is InChI=1S/C17H27NO20S3/c1-17(2,3)16(23)37-14-9(18-39(24,25)26)10(20)12(8(35-14)5-33-40(27,28)29)36-15-11(38-41(30,31)32)6(19)4-7(34-15)13(21)22/h4,6,8-12,14-15,18-20H,5H2,1-3H3,(H,21,22)(H,24,25,26)(H,27,28,29)(H,30,31,32)/t6-,8+,9+,10+,11+,12+,14+,15-/m0/s1. The lowest BCUT2D eigenvalue weighted by atomic mass is 9.95. The van der Waals surface area contributed by atoms with Gasteiger partial charge in [0, 0.05) is 0 Å². The molecular formula is C17H27NO20S3. The number of carbonyl (C=O) groups excluding carboxylic acids is 1. The monoisotopic (exact) mass is 661 g/mol. The molecule has 238 valence electrons. The van der Waals surface area contributed by atoms with Gasteiger partial charge in [0.05, 0.1) is 12.0 Å². The van der Waals surface area contributed by atoms with Crippen LogP contribution in [0.1, 0.15) is 20.8 Å². The Morgan fingerprint density at radius 3 is 2.02 bits per heavy atom. The first-order chi connectivity index (χ1) is 18.4. The number of esters is 1. The Bertz CT molecular complexity index is 1330. The summed E-state index contributed by atoms with van der Waals surface area (Å²) in [6, 6.07) is -2.17. The summed E-state index contributed by atoms with van der Waals surface area (Å²) in [6.07, 6.45) is -15.2. The number of aliphatic carboxylic acids is 1. The van der Waals surface area contributed by atoms with E-state index in [1.807, 2.05) is 0 Å². The van der Waals surface area contributed by atoms with Crippen molar-refractivity contribution in [2.75, 3.05) is 6.61 Å². The van der Waals surface area contributed by atoms with E-state index in [1.54, 1.807) is 0 Å². The molecule has 0 radical (unpaired) electrons. The first-order valence-corrected chi connectivity index (χ1v) is 15.1. The summed E-state index contributed by atoms with van der Waals surface area (Å²) >= 11 is 0. The van der Waals surface area contributed by atoms with E-state index >= 15 is 0 Å². The molecule has 8 atom stereocenters. The molecule has 41 heavy (non-hydrogen) atoms. The van der Waals surface area contributed by atoms with E-state index < -0.39 is 110 Å². The number of nitrogens with one attached hydrogen (secondary N) is 1. The molecule has 0 aliphatic carbocycles. The van der Waals surface area contributed by atoms with Crippen LogP contribution in [0.3, 0.4) is 0 Å². The van der Waals surface area contributed by atoms with Crippen molar-refractivity contribution in [3.05, 3.63) is 11.8 Å². The fourth-order valence-corrected chi connectivity index (χ4v) is 4.71. The van der Waals surface area contributed by atoms with Gasteiger partial charge in [-0.1, -0.05) is 0 Å². The van der Waals surface area contributed by atoms with Gasteiger partial charge in [-0.05, 0) is 26.8 Å². The second-order valence-electron chi connectivity index (χ2n) is 9.42.